The summed E-state index contributed by atoms with van der Waals surface area (Å²) in [4.78, 5) is 0. The lowest BCUT2D eigenvalue weighted by Crippen LogP contribution is -2.32. The van der Waals surface area contributed by atoms with Crippen molar-refractivity contribution in [2.75, 3.05) is 22.1 Å². The molecule has 2 aliphatic rings. The zero-order valence-corrected chi connectivity index (χ0v) is 31.4. The number of benzene rings is 4. The predicted molar refractivity (Wildman–Crippen MR) is 203 cm³/mol. The highest BCUT2D eigenvalue weighted by atomic mass is 32.2. The Kier molecular flexibility index (Phi) is 11.4. The van der Waals surface area contributed by atoms with Gasteiger partial charge in [-0.15, -0.1) is 0 Å². The van der Waals surface area contributed by atoms with E-state index in [0.717, 1.165) is 46.4 Å². The third kappa shape index (κ3) is 10.00. The molecule has 0 atom stereocenters. The van der Waals surface area contributed by atoms with Gasteiger partial charge in [0.05, 0.1) is 16.6 Å². The molecular weight excluding hydrogens is 735 g/mol. The smallest absolute Gasteiger partial charge is 0.376 e. The maximum absolute atomic E-state index is 13.6. The molecule has 0 radical (unpaired) electrons. The average molecular weight is 775 g/mol. The molecule has 0 aromatic heterocycles. The van der Waals surface area contributed by atoms with Gasteiger partial charge >= 0.3 is 21.8 Å². The molecule has 0 fully saturated rings. The number of fused-ring (bicyclic) bond motifs is 2. The van der Waals surface area contributed by atoms with E-state index in [1.165, 1.54) is 29.8 Å². The van der Waals surface area contributed by atoms with Gasteiger partial charge in [-0.3, -0.25) is 0 Å². The number of alkyl halides is 6. The number of aryl methyl sites for hydroxylation is 1. The van der Waals surface area contributed by atoms with E-state index in [0.29, 0.717) is 16.8 Å². The molecule has 0 saturated heterocycles. The second-order valence-electron chi connectivity index (χ2n) is 14.0. The fourth-order valence-corrected chi connectivity index (χ4v) is 7.72. The zero-order valence-electron chi connectivity index (χ0n) is 29.7. The van der Waals surface area contributed by atoms with Gasteiger partial charge in [-0.05, 0) is 111 Å². The fourth-order valence-electron chi connectivity index (χ4n) is 6.29. The van der Waals surface area contributed by atoms with Crippen LogP contribution in [0.5, 0.6) is 5.75 Å². The van der Waals surface area contributed by atoms with E-state index in [9.17, 15) is 34.8 Å². The summed E-state index contributed by atoms with van der Waals surface area (Å²) in [6, 6.07) is 25.7. The molecule has 2 N–H and O–H groups in total. The highest BCUT2D eigenvalue weighted by molar-refractivity contribution is 7.99. The van der Waals surface area contributed by atoms with Crippen LogP contribution in [0.25, 0.3) is 22.3 Å². The Labute approximate surface area is 310 Å². The van der Waals surface area contributed by atoms with E-state index in [-0.39, 0.29) is 22.4 Å². The number of anilines is 2. The van der Waals surface area contributed by atoms with E-state index < -0.39 is 27.4 Å². The minimum absolute atomic E-state index is 0.212. The highest BCUT2D eigenvalue weighted by Gasteiger charge is 2.48. The van der Waals surface area contributed by atoms with Crippen LogP contribution < -0.4 is 14.8 Å². The topological polar surface area (TPSA) is 67.4 Å². The van der Waals surface area contributed by atoms with Crippen LogP contribution in [0.2, 0.25) is 0 Å². The van der Waals surface area contributed by atoms with Crippen LogP contribution in [0.15, 0.2) is 103 Å². The van der Waals surface area contributed by atoms with Crippen LogP contribution in [0.3, 0.4) is 0 Å². The summed E-state index contributed by atoms with van der Waals surface area (Å²) in [5.41, 5.74) is 0.771. The maximum atomic E-state index is 13.6. The Balaban J connectivity index is 0.000000224. The first kappa shape index (κ1) is 39.8. The Morgan fingerprint density at radius 3 is 1.98 bits per heavy atom. The lowest BCUT2D eigenvalue weighted by molar-refractivity contribution is -0.137. The first-order valence-corrected chi connectivity index (χ1v) is 19.3. The van der Waals surface area contributed by atoms with Crippen molar-refractivity contribution in [3.63, 3.8) is 0 Å². The van der Waals surface area contributed by atoms with Gasteiger partial charge in [-0.1, -0.05) is 66.7 Å². The Hall–Kier alpha value is -4.36. The van der Waals surface area contributed by atoms with E-state index in [2.05, 4.69) is 59.0 Å². The number of allylic oxidation sites excluding steroid dienone is 1. The van der Waals surface area contributed by atoms with Crippen molar-refractivity contribution in [3.8, 4) is 16.9 Å². The first-order valence-electron chi connectivity index (χ1n) is 16.7. The van der Waals surface area contributed by atoms with Gasteiger partial charge in [-0.2, -0.15) is 46.5 Å². The monoisotopic (exact) mass is 774 g/mol. The Morgan fingerprint density at radius 1 is 0.717 bits per heavy atom. The maximum Gasteiger partial charge on any atom is 0.534 e. The van der Waals surface area contributed by atoms with E-state index in [4.69, 9.17) is 0 Å². The largest absolute Gasteiger partial charge is 0.534 e. The summed E-state index contributed by atoms with van der Waals surface area (Å²) < 4.78 is 104. The minimum atomic E-state index is -5.66. The van der Waals surface area contributed by atoms with E-state index in [1.807, 2.05) is 49.9 Å². The van der Waals surface area contributed by atoms with Crippen molar-refractivity contribution in [2.45, 2.75) is 63.8 Å². The van der Waals surface area contributed by atoms with Crippen molar-refractivity contribution < 1.29 is 38.9 Å². The van der Waals surface area contributed by atoms with Crippen LogP contribution >= 0.6 is 11.8 Å². The summed E-state index contributed by atoms with van der Waals surface area (Å²) in [5, 5.41) is 6.68. The molecule has 0 amide bonds. The van der Waals surface area contributed by atoms with Crippen molar-refractivity contribution in [3.05, 3.63) is 125 Å². The van der Waals surface area contributed by atoms with Gasteiger partial charge in [0, 0.05) is 28.3 Å². The summed E-state index contributed by atoms with van der Waals surface area (Å²) in [5.74, 6) is 1.43. The minimum Gasteiger partial charge on any atom is -0.376 e. The molecule has 0 spiro atoms. The van der Waals surface area contributed by atoms with Gasteiger partial charge in [0.15, 0.2) is 0 Å². The van der Waals surface area contributed by atoms with Crippen molar-refractivity contribution >= 4 is 44.4 Å². The summed E-state index contributed by atoms with van der Waals surface area (Å²) in [7, 11) is -5.66. The molecule has 53 heavy (non-hydrogen) atoms. The van der Waals surface area contributed by atoms with Crippen LogP contribution in [-0.4, -0.2) is 36.5 Å². The van der Waals surface area contributed by atoms with Gasteiger partial charge in [0.25, 0.3) is 0 Å². The molecule has 2 heterocycles. The summed E-state index contributed by atoms with van der Waals surface area (Å²) in [6.07, 6.45) is 0.701. The number of nitrogens with one attached hydrogen (secondary N) is 2. The van der Waals surface area contributed by atoms with Gasteiger partial charge in [-0.25, -0.2) is 0 Å². The van der Waals surface area contributed by atoms with Crippen molar-refractivity contribution in [1.82, 2.24) is 0 Å². The lowest BCUT2D eigenvalue weighted by Gasteiger charge is -2.32. The molecule has 4 aromatic rings. The molecule has 6 rings (SSSR count). The summed E-state index contributed by atoms with van der Waals surface area (Å²) >= 11 is 1.85. The third-order valence-corrected chi connectivity index (χ3v) is 10.5. The zero-order chi connectivity index (χ0) is 38.8. The normalized spacial score (nSPS) is 16.0. The number of halogens is 6. The third-order valence-electron chi connectivity index (χ3n) is 8.48. The molecule has 5 nitrogen and oxygen atoms in total. The van der Waals surface area contributed by atoms with Gasteiger partial charge < -0.3 is 14.8 Å². The number of hydrogen-bond acceptors (Lipinski definition) is 6. The van der Waals surface area contributed by atoms with Crippen LogP contribution in [0.1, 0.15) is 56.9 Å². The average Bonchev–Trinajstić information content (AvgIpc) is 3.06. The van der Waals surface area contributed by atoms with Crippen LogP contribution in [-0.2, 0) is 22.7 Å². The standard InChI is InChI=1S/C27H26F3NS.C13H14F3NO3S/c1-26(2)17-21(18-32-15-14-19-8-4-3-5-9-19)23-16-20(12-13-25(23)31-26)22-10-6-7-11-24(22)27(28,29)30;1-8-7-12(2,3)17-11-5-4-9(6-10(8)11)20-21(18,19)13(14,15)16/h3-13,16-17,31H,14-15,18H2,1-2H3;4-7,17H,1-3H3. The SMILES string of the molecule is CC1(C)C=C(CSCCc2ccccc2)c2cc(-c3ccccc3C(F)(F)F)ccc2N1.CC1=CC(C)(C)Nc2ccc(OS(=O)(=O)C(F)(F)F)cc21. The second kappa shape index (κ2) is 15.2. The molecule has 0 saturated carbocycles. The molecule has 0 aliphatic carbocycles. The molecule has 0 bridgehead atoms. The van der Waals surface area contributed by atoms with Crippen molar-refractivity contribution in [1.29, 1.82) is 0 Å². The molecule has 13 heteroatoms. The number of thioether (sulfide) groups is 1. The predicted octanol–water partition coefficient (Wildman–Crippen LogP) is 11.5. The quantitative estimate of drug-likeness (QED) is 0.0804. The van der Waals surface area contributed by atoms with E-state index in [1.54, 1.807) is 25.1 Å². The van der Waals surface area contributed by atoms with Crippen LogP contribution in [0, 0.1) is 0 Å². The van der Waals surface area contributed by atoms with Crippen molar-refractivity contribution in [2.24, 2.45) is 0 Å². The number of hydrogen-bond donors (Lipinski definition) is 2. The molecule has 2 aliphatic heterocycles. The molecule has 0 unspecified atom stereocenters. The summed E-state index contributed by atoms with van der Waals surface area (Å²) in [6.45, 7) is 9.90. The lowest BCUT2D eigenvalue weighted by atomic mass is 9.88. The second-order valence-corrected chi connectivity index (χ2v) is 16.6. The van der Waals surface area contributed by atoms with Crippen LogP contribution in [0.4, 0.5) is 37.7 Å². The Morgan fingerprint density at radius 2 is 1.32 bits per heavy atom. The highest BCUT2D eigenvalue weighted by Crippen LogP contribution is 2.42. The first-order chi connectivity index (χ1) is 24.6. The molecule has 282 valence electrons. The van der Waals surface area contributed by atoms with Gasteiger partial charge in [0.2, 0.25) is 0 Å². The molecule has 4 aromatic carbocycles. The number of rotatable bonds is 8. The molecular formula is C40H40F6N2O3S2. The van der Waals surface area contributed by atoms with Gasteiger partial charge in [0.1, 0.15) is 5.75 Å². The fraction of sp³-hybridized carbons (Fsp3) is 0.300. The Bertz CT molecular complexity index is 2120. The van der Waals surface area contributed by atoms with E-state index >= 15 is 0 Å².